The molecule has 0 aromatic rings. The predicted octanol–water partition coefficient (Wildman–Crippen LogP) is 1.98. The van der Waals surface area contributed by atoms with Crippen LogP contribution in [0, 0.1) is 28.6 Å². The summed E-state index contributed by atoms with van der Waals surface area (Å²) >= 11 is 0. The van der Waals surface area contributed by atoms with Crippen molar-refractivity contribution >= 4 is 6.16 Å². The van der Waals surface area contributed by atoms with Crippen LogP contribution in [-0.4, -0.2) is 16.4 Å². The van der Waals surface area contributed by atoms with Crippen molar-refractivity contribution in [3.05, 3.63) is 11.6 Å². The van der Waals surface area contributed by atoms with Crippen LogP contribution in [0.15, 0.2) is 11.6 Å². The van der Waals surface area contributed by atoms with Gasteiger partial charge in [-0.1, -0.05) is 6.08 Å². The van der Waals surface area contributed by atoms with Gasteiger partial charge < -0.3 is 10.2 Å². The average molecular weight is 194 g/mol. The molecule has 5 nitrogen and oxygen atoms in total. The molecule has 0 fully saturated rings. The predicted molar refractivity (Wildman–Crippen MR) is 47.3 cm³/mol. The van der Waals surface area contributed by atoms with Gasteiger partial charge in [-0.3, -0.25) is 0 Å². The van der Waals surface area contributed by atoms with E-state index < -0.39 is 6.16 Å². The summed E-state index contributed by atoms with van der Waals surface area (Å²) in [7, 11) is 0. The molecule has 5 heteroatoms. The van der Waals surface area contributed by atoms with E-state index in [1.165, 1.54) is 0 Å². The lowest BCUT2D eigenvalue weighted by Crippen LogP contribution is -2.02. The van der Waals surface area contributed by atoms with E-state index in [0.29, 0.717) is 6.42 Å². The smallest absolute Gasteiger partial charge is 0.450 e. The Labute approximate surface area is 81.5 Å². The fourth-order valence-electron chi connectivity index (χ4n) is 1.11. The van der Waals surface area contributed by atoms with E-state index in [9.17, 15) is 0 Å². The van der Waals surface area contributed by atoms with Crippen LogP contribution in [0.4, 0.5) is 4.79 Å². The molecule has 0 bridgehead atoms. The van der Waals surface area contributed by atoms with Crippen LogP contribution in [0.1, 0.15) is 19.3 Å². The topological polar surface area (TPSA) is 105 Å². The zero-order chi connectivity index (χ0) is 11.0. The van der Waals surface area contributed by atoms with Crippen molar-refractivity contribution in [2.45, 2.75) is 19.3 Å². The maximum Gasteiger partial charge on any atom is 0.503 e. The van der Waals surface area contributed by atoms with Gasteiger partial charge in [0.15, 0.2) is 0 Å². The molecule has 0 aromatic carbocycles. The quantitative estimate of drug-likeness (QED) is 0.613. The van der Waals surface area contributed by atoms with Gasteiger partial charge in [0.1, 0.15) is 0 Å². The van der Waals surface area contributed by atoms with E-state index in [1.54, 1.807) is 0 Å². The summed E-state index contributed by atoms with van der Waals surface area (Å²) in [6.07, 6.45) is 2.56. The Morgan fingerprint density at radius 3 is 2.50 bits per heavy atom. The lowest BCUT2D eigenvalue weighted by molar-refractivity contribution is 0.137. The third-order valence-corrected chi connectivity index (χ3v) is 1.70. The van der Waals surface area contributed by atoms with Crippen molar-refractivity contribution in [2.24, 2.45) is 5.92 Å². The number of allylic oxidation sites excluding steroid dienone is 2. The molecule has 0 saturated heterocycles. The maximum atomic E-state index is 8.56. The lowest BCUT2D eigenvalue weighted by Gasteiger charge is -2.10. The minimum absolute atomic E-state index is 0.0830. The van der Waals surface area contributed by atoms with Gasteiger partial charge in [-0.25, -0.2) is 4.79 Å². The monoisotopic (exact) mass is 194 g/mol. The number of hydrogen-bond donors (Lipinski definition) is 2. The van der Waals surface area contributed by atoms with Gasteiger partial charge in [0.25, 0.3) is 0 Å². The number of rotatable bonds is 0. The van der Waals surface area contributed by atoms with Crippen LogP contribution in [-0.2, 0) is 0 Å². The second kappa shape index (κ2) is 6.50. The zero-order valence-corrected chi connectivity index (χ0v) is 7.47. The Kier molecular flexibility index (Phi) is 5.57. The molecule has 1 unspecified atom stereocenters. The fourth-order valence-corrected chi connectivity index (χ4v) is 1.11. The third kappa shape index (κ3) is 5.62. The van der Waals surface area contributed by atoms with Crippen LogP contribution >= 0.6 is 0 Å². The molecule has 0 radical (unpaired) electrons. The third-order valence-electron chi connectivity index (χ3n) is 1.70. The van der Waals surface area contributed by atoms with E-state index in [2.05, 4.69) is 12.1 Å². The summed E-state index contributed by atoms with van der Waals surface area (Å²) in [5.41, 5.74) is 0.776. The van der Waals surface area contributed by atoms with E-state index in [-0.39, 0.29) is 5.92 Å². The van der Waals surface area contributed by atoms with Gasteiger partial charge in [0, 0.05) is 5.57 Å². The molecule has 2 N–H and O–H groups in total. The van der Waals surface area contributed by atoms with Crippen molar-refractivity contribution in [3.8, 4) is 12.1 Å². The molecule has 0 saturated carbocycles. The maximum absolute atomic E-state index is 8.56. The number of carbonyl (C=O) groups is 1. The van der Waals surface area contributed by atoms with Crippen molar-refractivity contribution in [1.82, 2.24) is 0 Å². The molecule has 0 spiro atoms. The SMILES string of the molecule is N#CC1=CCCC(C#N)C1.O=C(O)O. The molecule has 0 aromatic heterocycles. The molecule has 0 heterocycles. The Bertz CT molecular complexity index is 305. The highest BCUT2D eigenvalue weighted by Gasteiger charge is 2.13. The van der Waals surface area contributed by atoms with E-state index in [1.807, 2.05) is 6.08 Å². The van der Waals surface area contributed by atoms with Crippen LogP contribution < -0.4 is 0 Å². The summed E-state index contributed by atoms with van der Waals surface area (Å²) in [5, 5.41) is 30.9. The van der Waals surface area contributed by atoms with Crippen molar-refractivity contribution in [1.29, 1.82) is 10.5 Å². The van der Waals surface area contributed by atoms with Gasteiger partial charge in [-0.2, -0.15) is 10.5 Å². The molecular weight excluding hydrogens is 184 g/mol. The summed E-state index contributed by atoms with van der Waals surface area (Å²) in [5.74, 6) is 0.0830. The highest BCUT2D eigenvalue weighted by molar-refractivity contribution is 5.53. The van der Waals surface area contributed by atoms with Crippen LogP contribution in [0.3, 0.4) is 0 Å². The molecule has 1 aliphatic rings. The van der Waals surface area contributed by atoms with Crippen LogP contribution in [0.25, 0.3) is 0 Å². The van der Waals surface area contributed by atoms with Crippen LogP contribution in [0.5, 0.6) is 0 Å². The zero-order valence-electron chi connectivity index (χ0n) is 7.47. The van der Waals surface area contributed by atoms with E-state index >= 15 is 0 Å². The summed E-state index contributed by atoms with van der Waals surface area (Å²) in [6.45, 7) is 0. The van der Waals surface area contributed by atoms with E-state index in [0.717, 1.165) is 18.4 Å². The lowest BCUT2D eigenvalue weighted by atomic mass is 9.91. The summed E-state index contributed by atoms with van der Waals surface area (Å²) in [4.78, 5) is 8.56. The van der Waals surface area contributed by atoms with Gasteiger partial charge in [0.2, 0.25) is 0 Å². The Morgan fingerprint density at radius 1 is 1.50 bits per heavy atom. The second-order valence-electron chi connectivity index (χ2n) is 2.73. The summed E-state index contributed by atoms with van der Waals surface area (Å²) in [6, 6.07) is 4.25. The highest BCUT2D eigenvalue weighted by Crippen LogP contribution is 2.22. The Hall–Kier alpha value is -2.01. The molecule has 74 valence electrons. The van der Waals surface area contributed by atoms with Gasteiger partial charge in [0.05, 0.1) is 18.1 Å². The Balaban J connectivity index is 0.000000364. The molecule has 1 rings (SSSR count). The first-order chi connectivity index (χ1) is 6.60. The number of nitriles is 2. The molecule has 1 atom stereocenters. The molecule has 0 aliphatic heterocycles. The largest absolute Gasteiger partial charge is 0.503 e. The van der Waals surface area contributed by atoms with Crippen molar-refractivity contribution < 1.29 is 15.0 Å². The molecule has 0 amide bonds. The second-order valence-corrected chi connectivity index (χ2v) is 2.73. The Morgan fingerprint density at radius 2 is 2.07 bits per heavy atom. The molecule has 14 heavy (non-hydrogen) atoms. The summed E-state index contributed by atoms with van der Waals surface area (Å²) < 4.78 is 0. The molecule has 1 aliphatic carbocycles. The number of nitrogens with zero attached hydrogens (tertiary/aromatic N) is 2. The highest BCUT2D eigenvalue weighted by atomic mass is 16.6. The normalized spacial score (nSPS) is 19.0. The van der Waals surface area contributed by atoms with Crippen molar-refractivity contribution in [2.75, 3.05) is 0 Å². The van der Waals surface area contributed by atoms with Gasteiger partial charge >= 0.3 is 6.16 Å². The van der Waals surface area contributed by atoms with E-state index in [4.69, 9.17) is 25.5 Å². The van der Waals surface area contributed by atoms with Crippen LogP contribution in [0.2, 0.25) is 0 Å². The van der Waals surface area contributed by atoms with Gasteiger partial charge in [-0.15, -0.1) is 0 Å². The minimum atomic E-state index is -1.83. The first-order valence-electron chi connectivity index (χ1n) is 4.00. The standard InChI is InChI=1S/C8H8N2.CH2O3/c9-5-7-2-1-3-8(4-7)6-10;2-1(3)4/h2,8H,1,3-4H2;(H2,2,3,4). The van der Waals surface area contributed by atoms with Gasteiger partial charge in [-0.05, 0) is 19.3 Å². The molecular formula is C9H10N2O3. The first-order valence-corrected chi connectivity index (χ1v) is 4.00. The van der Waals surface area contributed by atoms with Crippen molar-refractivity contribution in [3.63, 3.8) is 0 Å². The number of hydrogen-bond acceptors (Lipinski definition) is 3. The number of carboxylic acid groups (broad SMARTS) is 2. The first kappa shape index (κ1) is 12.0. The fraction of sp³-hybridized carbons (Fsp3) is 0.444. The minimum Gasteiger partial charge on any atom is -0.450 e. The average Bonchev–Trinajstić information content (AvgIpc) is 2.17.